The summed E-state index contributed by atoms with van der Waals surface area (Å²) in [5.74, 6) is -0.626. The van der Waals surface area contributed by atoms with Crippen LogP contribution < -0.4 is 5.32 Å². The predicted molar refractivity (Wildman–Crippen MR) is 97.7 cm³/mol. The number of carbonyl (C=O) groups is 1. The fourth-order valence-corrected chi connectivity index (χ4v) is 3.81. The molecule has 0 aliphatic carbocycles. The molecule has 2 atom stereocenters. The number of halogens is 3. The Morgan fingerprint density at radius 2 is 1.88 bits per heavy atom. The van der Waals surface area contributed by atoms with E-state index in [0.717, 1.165) is 23.4 Å². The van der Waals surface area contributed by atoms with E-state index in [1.54, 1.807) is 13.0 Å². The van der Waals surface area contributed by atoms with E-state index < -0.39 is 17.0 Å². The van der Waals surface area contributed by atoms with Crippen LogP contribution in [0.2, 0.25) is 0 Å². The van der Waals surface area contributed by atoms with Gasteiger partial charge in [-0.1, -0.05) is 55.1 Å². The molecule has 2 unspecified atom stereocenters. The van der Waals surface area contributed by atoms with Gasteiger partial charge in [0.05, 0.1) is 16.5 Å². The van der Waals surface area contributed by atoms with Crippen molar-refractivity contribution in [1.29, 1.82) is 0 Å². The van der Waals surface area contributed by atoms with Gasteiger partial charge < -0.3 is 5.32 Å². The highest BCUT2D eigenvalue weighted by Gasteiger charge is 2.37. The molecule has 0 radical (unpaired) electrons. The Morgan fingerprint density at radius 1 is 1.15 bits per heavy atom. The maximum Gasteiger partial charge on any atom is 0.416 e. The lowest BCUT2D eigenvalue weighted by Crippen LogP contribution is -2.28. The number of nitrogens with one attached hydrogen (secondary N) is 1. The first kappa shape index (κ1) is 18.5. The number of hydrogen-bond donors (Lipinski definition) is 1. The zero-order valence-electron chi connectivity index (χ0n) is 14.2. The summed E-state index contributed by atoms with van der Waals surface area (Å²) >= 11 is 1.25. The van der Waals surface area contributed by atoms with Crippen molar-refractivity contribution in [2.24, 2.45) is 4.99 Å². The van der Waals surface area contributed by atoms with Crippen LogP contribution in [0.5, 0.6) is 0 Å². The number of alkyl halides is 3. The highest BCUT2D eigenvalue weighted by Crippen LogP contribution is 2.36. The maximum atomic E-state index is 12.9. The molecule has 1 saturated heterocycles. The molecule has 0 saturated carbocycles. The van der Waals surface area contributed by atoms with Crippen molar-refractivity contribution < 1.29 is 18.0 Å². The number of benzene rings is 2. The minimum Gasteiger partial charge on any atom is -0.304 e. The Kier molecular flexibility index (Phi) is 5.09. The van der Waals surface area contributed by atoms with Gasteiger partial charge in [0.15, 0.2) is 5.17 Å². The van der Waals surface area contributed by atoms with Gasteiger partial charge >= 0.3 is 6.18 Å². The smallest absolute Gasteiger partial charge is 0.304 e. The molecular formula is C19H17F3N2OS. The van der Waals surface area contributed by atoms with Crippen LogP contribution in [0, 0.1) is 6.92 Å². The van der Waals surface area contributed by atoms with Crippen molar-refractivity contribution in [2.75, 3.05) is 0 Å². The lowest BCUT2D eigenvalue weighted by molar-refractivity contribution is -0.137. The van der Waals surface area contributed by atoms with Crippen molar-refractivity contribution >= 4 is 28.5 Å². The summed E-state index contributed by atoms with van der Waals surface area (Å²) in [6.45, 7) is 3.67. The Labute approximate surface area is 153 Å². The second-order valence-corrected chi connectivity index (χ2v) is 7.27. The molecule has 1 aliphatic heterocycles. The number of aliphatic imine (C=N–C) groups is 1. The third kappa shape index (κ3) is 3.93. The van der Waals surface area contributed by atoms with Crippen molar-refractivity contribution in [1.82, 2.24) is 5.32 Å². The quantitative estimate of drug-likeness (QED) is 0.813. The van der Waals surface area contributed by atoms with Gasteiger partial charge in [-0.05, 0) is 30.2 Å². The summed E-state index contributed by atoms with van der Waals surface area (Å²) in [5, 5.41) is 2.67. The van der Waals surface area contributed by atoms with E-state index in [0.29, 0.717) is 10.7 Å². The van der Waals surface area contributed by atoms with E-state index in [2.05, 4.69) is 10.3 Å². The number of amides is 1. The van der Waals surface area contributed by atoms with Crippen LogP contribution in [0.15, 0.2) is 53.5 Å². The average Bonchev–Trinajstić information content (AvgIpc) is 2.96. The number of rotatable bonds is 3. The molecule has 0 aromatic heterocycles. The van der Waals surface area contributed by atoms with Crippen LogP contribution in [0.4, 0.5) is 18.9 Å². The van der Waals surface area contributed by atoms with Gasteiger partial charge in [-0.3, -0.25) is 4.79 Å². The largest absolute Gasteiger partial charge is 0.416 e. The summed E-state index contributed by atoms with van der Waals surface area (Å²) in [4.78, 5) is 16.8. The molecule has 1 fully saturated rings. The van der Waals surface area contributed by atoms with Crippen molar-refractivity contribution in [3.63, 3.8) is 0 Å². The number of hydrogen-bond acceptors (Lipinski definition) is 3. The zero-order chi connectivity index (χ0) is 18.9. The van der Waals surface area contributed by atoms with Gasteiger partial charge in [0.2, 0.25) is 5.91 Å². The predicted octanol–water partition coefficient (Wildman–Crippen LogP) is 5.04. The second kappa shape index (κ2) is 7.15. The van der Waals surface area contributed by atoms with Crippen LogP contribution in [0.1, 0.15) is 29.5 Å². The summed E-state index contributed by atoms with van der Waals surface area (Å²) in [6.07, 6.45) is -4.40. The molecule has 1 heterocycles. The topological polar surface area (TPSA) is 41.5 Å². The molecule has 3 nitrogen and oxygen atoms in total. The highest BCUT2D eigenvalue weighted by atomic mass is 32.2. The first-order valence-electron chi connectivity index (χ1n) is 8.04. The zero-order valence-corrected chi connectivity index (χ0v) is 15.0. The van der Waals surface area contributed by atoms with Gasteiger partial charge in [0.1, 0.15) is 0 Å². The Balaban J connectivity index is 1.82. The van der Waals surface area contributed by atoms with Crippen molar-refractivity contribution in [2.45, 2.75) is 31.2 Å². The number of amidine groups is 1. The fourth-order valence-electron chi connectivity index (χ4n) is 2.73. The lowest BCUT2D eigenvalue weighted by Gasteiger charge is -2.17. The number of nitrogens with zero attached hydrogens (tertiary/aromatic N) is 1. The van der Waals surface area contributed by atoms with Crippen molar-refractivity contribution in [3.8, 4) is 0 Å². The van der Waals surface area contributed by atoms with Crippen molar-refractivity contribution in [3.05, 3.63) is 65.2 Å². The minimum atomic E-state index is -4.40. The van der Waals surface area contributed by atoms with E-state index in [1.165, 1.54) is 17.8 Å². The normalized spacial score (nSPS) is 20.3. The summed E-state index contributed by atoms with van der Waals surface area (Å²) in [7, 11) is 0. The summed E-state index contributed by atoms with van der Waals surface area (Å²) in [5.41, 5.74) is 1.50. The van der Waals surface area contributed by atoms with E-state index in [4.69, 9.17) is 0 Å². The molecule has 0 bridgehead atoms. The van der Waals surface area contributed by atoms with Crippen LogP contribution in [-0.2, 0) is 11.0 Å². The molecule has 2 aromatic rings. The molecule has 0 spiro atoms. The first-order chi connectivity index (χ1) is 12.3. The third-order valence-corrected chi connectivity index (χ3v) is 5.55. The number of carbonyl (C=O) groups excluding carboxylic acids is 1. The lowest BCUT2D eigenvalue weighted by atomic mass is 9.95. The number of para-hydroxylation sites is 1. The monoisotopic (exact) mass is 378 g/mol. The number of aryl methyl sites for hydroxylation is 1. The maximum absolute atomic E-state index is 12.9. The van der Waals surface area contributed by atoms with Crippen LogP contribution in [0.25, 0.3) is 0 Å². The second-order valence-electron chi connectivity index (χ2n) is 6.14. The van der Waals surface area contributed by atoms with E-state index in [9.17, 15) is 18.0 Å². The molecule has 3 rings (SSSR count). The van der Waals surface area contributed by atoms with Gasteiger partial charge in [0.25, 0.3) is 0 Å². The van der Waals surface area contributed by atoms with Gasteiger partial charge in [-0.15, -0.1) is 0 Å². The van der Waals surface area contributed by atoms with E-state index in [1.807, 2.05) is 31.2 Å². The Morgan fingerprint density at radius 3 is 2.58 bits per heavy atom. The SMILES string of the molecule is Cc1ccccc1N=C1NC(=O)C(C(C)c2cccc(C(F)(F)F)c2)S1. The Hall–Kier alpha value is -2.28. The molecule has 1 N–H and O–H groups in total. The van der Waals surface area contributed by atoms with Gasteiger partial charge in [-0.2, -0.15) is 13.2 Å². The van der Waals surface area contributed by atoms with Crippen LogP contribution >= 0.6 is 11.8 Å². The Bertz CT molecular complexity index is 864. The average molecular weight is 378 g/mol. The van der Waals surface area contributed by atoms with Gasteiger partial charge in [-0.25, -0.2) is 4.99 Å². The number of thioether (sulfide) groups is 1. The summed E-state index contributed by atoms with van der Waals surface area (Å²) in [6, 6.07) is 12.6. The van der Waals surface area contributed by atoms with Gasteiger partial charge in [0, 0.05) is 5.92 Å². The first-order valence-corrected chi connectivity index (χ1v) is 8.92. The molecule has 2 aromatic carbocycles. The molecule has 136 valence electrons. The van der Waals surface area contributed by atoms with Crippen LogP contribution in [-0.4, -0.2) is 16.3 Å². The molecule has 1 amide bonds. The van der Waals surface area contributed by atoms with E-state index >= 15 is 0 Å². The van der Waals surface area contributed by atoms with Crippen LogP contribution in [0.3, 0.4) is 0 Å². The summed E-state index contributed by atoms with van der Waals surface area (Å²) < 4.78 is 38.8. The fraction of sp³-hybridized carbons (Fsp3) is 0.263. The highest BCUT2D eigenvalue weighted by molar-refractivity contribution is 8.15. The standard InChI is InChI=1S/C19H17F3N2OS/c1-11-6-3-4-9-15(11)23-18-24-17(25)16(26-18)12(2)13-7-5-8-14(10-13)19(20,21)22/h3-10,12,16H,1-2H3,(H,23,24,25). The molecular weight excluding hydrogens is 361 g/mol. The third-order valence-electron chi connectivity index (χ3n) is 4.26. The van der Waals surface area contributed by atoms with E-state index in [-0.39, 0.29) is 11.8 Å². The molecule has 1 aliphatic rings. The molecule has 26 heavy (non-hydrogen) atoms. The minimum absolute atomic E-state index is 0.243. The molecule has 7 heteroatoms.